The van der Waals surface area contributed by atoms with E-state index in [-0.39, 0.29) is 6.79 Å². The lowest BCUT2D eigenvalue weighted by Crippen LogP contribution is -2.03. The average molecular weight is 246 g/mol. The van der Waals surface area contributed by atoms with Gasteiger partial charge in [0.1, 0.15) is 0 Å². The Hall–Kier alpha value is -1.81. The highest BCUT2D eigenvalue weighted by Gasteiger charge is 2.02. The third kappa shape index (κ3) is 3.60. The fraction of sp³-hybridized carbons (Fsp3) is 0.357. The normalized spacial score (nSPS) is 10.8. The molecule has 1 aromatic carbocycles. The third-order valence-electron chi connectivity index (χ3n) is 2.53. The van der Waals surface area contributed by atoms with Crippen molar-refractivity contribution in [2.75, 3.05) is 6.79 Å². The van der Waals surface area contributed by atoms with Gasteiger partial charge in [-0.15, -0.1) is 0 Å². The van der Waals surface area contributed by atoms with Crippen LogP contribution in [0.25, 0.3) is 0 Å². The molecule has 0 amide bonds. The largest absolute Gasteiger partial charge is 0.464 e. The predicted octanol–water partition coefficient (Wildman–Crippen LogP) is 3.02. The Bertz CT molecular complexity index is 466. The van der Waals surface area contributed by atoms with Crippen LogP contribution in [0.2, 0.25) is 0 Å². The molecule has 1 aromatic heterocycles. The molecule has 0 unspecified atom stereocenters. The number of nitrogens with zero attached hydrogens (tertiary/aromatic N) is 2. The number of benzene rings is 1. The number of hydrogen-bond donors (Lipinski definition) is 0. The highest BCUT2D eigenvalue weighted by molar-refractivity contribution is 5.13. The quantitative estimate of drug-likeness (QED) is 0.580. The van der Waals surface area contributed by atoms with Crippen molar-refractivity contribution in [1.29, 1.82) is 0 Å². The molecule has 0 bridgehead atoms. The molecule has 0 aliphatic heterocycles. The first-order valence-electron chi connectivity index (χ1n) is 6.04. The maximum Gasteiger partial charge on any atom is 0.189 e. The molecule has 0 radical (unpaired) electrons. The topological polar surface area (TPSA) is 36.3 Å². The summed E-state index contributed by atoms with van der Waals surface area (Å²) >= 11 is 0. The summed E-state index contributed by atoms with van der Waals surface area (Å²) in [7, 11) is 0. The zero-order valence-electron chi connectivity index (χ0n) is 10.7. The molecule has 2 rings (SSSR count). The molecule has 0 atom stereocenters. The van der Waals surface area contributed by atoms with Gasteiger partial charge in [0.25, 0.3) is 0 Å². The first kappa shape index (κ1) is 12.6. The van der Waals surface area contributed by atoms with Crippen molar-refractivity contribution in [1.82, 2.24) is 9.78 Å². The second kappa shape index (κ2) is 6.21. The molecule has 0 fully saturated rings. The monoisotopic (exact) mass is 246 g/mol. The molecule has 0 aliphatic carbocycles. The van der Waals surface area contributed by atoms with Crippen LogP contribution < -0.4 is 4.74 Å². The van der Waals surface area contributed by atoms with Gasteiger partial charge in [0.15, 0.2) is 12.5 Å². The van der Waals surface area contributed by atoms with Crippen molar-refractivity contribution in [2.45, 2.75) is 26.5 Å². The zero-order chi connectivity index (χ0) is 12.8. The Morgan fingerprint density at radius 3 is 2.67 bits per heavy atom. The maximum atomic E-state index is 5.45. The van der Waals surface area contributed by atoms with Crippen LogP contribution >= 0.6 is 0 Å². The zero-order valence-corrected chi connectivity index (χ0v) is 10.7. The number of rotatable bonds is 6. The van der Waals surface area contributed by atoms with E-state index in [0.717, 1.165) is 11.3 Å². The summed E-state index contributed by atoms with van der Waals surface area (Å²) in [5, 5.41) is 4.19. The van der Waals surface area contributed by atoms with Crippen LogP contribution in [0.3, 0.4) is 0 Å². The van der Waals surface area contributed by atoms with Crippen molar-refractivity contribution >= 4 is 0 Å². The molecule has 0 N–H and O–H groups in total. The Morgan fingerprint density at radius 2 is 2.00 bits per heavy atom. The van der Waals surface area contributed by atoms with Crippen molar-refractivity contribution in [3.8, 4) is 5.75 Å². The predicted molar refractivity (Wildman–Crippen MR) is 69.3 cm³/mol. The molecule has 0 spiro atoms. The minimum absolute atomic E-state index is 0.235. The summed E-state index contributed by atoms with van der Waals surface area (Å²) in [5.41, 5.74) is 1.14. The Balaban J connectivity index is 1.72. The molecule has 0 aliphatic rings. The van der Waals surface area contributed by atoms with Gasteiger partial charge in [-0.05, 0) is 19.4 Å². The summed E-state index contributed by atoms with van der Waals surface area (Å²) in [5.74, 6) is 0.733. The Morgan fingerprint density at radius 1 is 1.22 bits per heavy atom. The summed E-state index contributed by atoms with van der Waals surface area (Å²) in [6.45, 7) is 4.93. The highest BCUT2D eigenvalue weighted by Crippen LogP contribution is 2.12. The second-order valence-corrected chi connectivity index (χ2v) is 4.35. The van der Waals surface area contributed by atoms with E-state index in [2.05, 4.69) is 18.9 Å². The first-order valence-corrected chi connectivity index (χ1v) is 6.04. The number of hydrogen-bond acceptors (Lipinski definition) is 3. The van der Waals surface area contributed by atoms with Gasteiger partial charge in [-0.25, -0.2) is 0 Å². The minimum Gasteiger partial charge on any atom is -0.464 e. The van der Waals surface area contributed by atoms with Crippen LogP contribution in [0.1, 0.15) is 25.5 Å². The lowest BCUT2D eigenvalue weighted by atomic mass is 10.2. The van der Waals surface area contributed by atoms with Crippen LogP contribution in [0.15, 0.2) is 42.7 Å². The first-order chi connectivity index (χ1) is 8.75. The van der Waals surface area contributed by atoms with E-state index in [1.165, 1.54) is 0 Å². The van der Waals surface area contributed by atoms with Gasteiger partial charge in [0, 0.05) is 6.04 Å². The van der Waals surface area contributed by atoms with E-state index < -0.39 is 0 Å². The molecule has 18 heavy (non-hydrogen) atoms. The van der Waals surface area contributed by atoms with Crippen LogP contribution in [-0.4, -0.2) is 16.6 Å². The highest BCUT2D eigenvalue weighted by atomic mass is 16.7. The molecule has 4 nitrogen and oxygen atoms in total. The maximum absolute atomic E-state index is 5.45. The van der Waals surface area contributed by atoms with E-state index in [0.29, 0.717) is 12.6 Å². The van der Waals surface area contributed by atoms with Crippen molar-refractivity contribution in [2.24, 2.45) is 0 Å². The fourth-order valence-corrected chi connectivity index (χ4v) is 1.52. The van der Waals surface area contributed by atoms with E-state index in [9.17, 15) is 0 Å². The third-order valence-corrected chi connectivity index (χ3v) is 2.53. The number of ether oxygens (including phenoxy) is 2. The van der Waals surface area contributed by atoms with Crippen molar-refractivity contribution in [3.05, 3.63) is 48.3 Å². The Labute approximate surface area is 107 Å². The van der Waals surface area contributed by atoms with Crippen LogP contribution in [0, 0.1) is 0 Å². The SMILES string of the molecule is CC(C)n1cc(OCOCc2ccccc2)cn1. The molecule has 1 heterocycles. The molecule has 4 heteroatoms. The van der Waals surface area contributed by atoms with Crippen LogP contribution in [-0.2, 0) is 11.3 Å². The summed E-state index contributed by atoms with van der Waals surface area (Å²) in [4.78, 5) is 0. The van der Waals surface area contributed by atoms with Gasteiger partial charge in [0.2, 0.25) is 0 Å². The summed E-state index contributed by atoms with van der Waals surface area (Å²) < 4.78 is 12.7. The molecule has 2 aromatic rings. The van der Waals surface area contributed by atoms with Crippen LogP contribution in [0.4, 0.5) is 0 Å². The van der Waals surface area contributed by atoms with Crippen molar-refractivity contribution in [3.63, 3.8) is 0 Å². The fourth-order valence-electron chi connectivity index (χ4n) is 1.52. The van der Waals surface area contributed by atoms with Gasteiger partial charge in [-0.3, -0.25) is 4.68 Å². The van der Waals surface area contributed by atoms with Crippen LogP contribution in [0.5, 0.6) is 5.75 Å². The van der Waals surface area contributed by atoms with Crippen molar-refractivity contribution < 1.29 is 9.47 Å². The molecule has 0 saturated carbocycles. The molecular weight excluding hydrogens is 228 g/mol. The van der Waals surface area contributed by atoms with E-state index in [1.807, 2.05) is 41.2 Å². The van der Waals surface area contributed by atoms with E-state index >= 15 is 0 Å². The van der Waals surface area contributed by atoms with Gasteiger partial charge >= 0.3 is 0 Å². The Kier molecular flexibility index (Phi) is 4.36. The lowest BCUT2D eigenvalue weighted by molar-refractivity contribution is 0.00498. The average Bonchev–Trinajstić information content (AvgIpc) is 2.85. The van der Waals surface area contributed by atoms with E-state index in [1.54, 1.807) is 6.20 Å². The smallest absolute Gasteiger partial charge is 0.189 e. The minimum atomic E-state index is 0.235. The molecule has 0 saturated heterocycles. The van der Waals surface area contributed by atoms with Gasteiger partial charge in [-0.1, -0.05) is 30.3 Å². The van der Waals surface area contributed by atoms with Gasteiger partial charge < -0.3 is 9.47 Å². The lowest BCUT2D eigenvalue weighted by Gasteiger charge is -2.05. The molecule has 96 valence electrons. The summed E-state index contributed by atoms with van der Waals surface area (Å²) in [6, 6.07) is 10.4. The van der Waals surface area contributed by atoms with Gasteiger partial charge in [-0.2, -0.15) is 5.10 Å². The number of aromatic nitrogens is 2. The standard InChI is InChI=1S/C14H18N2O2/c1-12(2)16-9-14(8-15-16)18-11-17-10-13-6-4-3-5-7-13/h3-9,12H,10-11H2,1-2H3. The van der Waals surface area contributed by atoms with Gasteiger partial charge in [0.05, 0.1) is 19.0 Å². The molecular formula is C14H18N2O2. The van der Waals surface area contributed by atoms with E-state index in [4.69, 9.17) is 9.47 Å². The second-order valence-electron chi connectivity index (χ2n) is 4.35. The summed E-state index contributed by atoms with van der Waals surface area (Å²) in [6.07, 6.45) is 3.57.